The first-order valence-electron chi connectivity index (χ1n) is 3.18. The number of rotatable bonds is 4. The van der Waals surface area contributed by atoms with Crippen LogP contribution in [-0.4, -0.2) is 17.2 Å². The number of aldehydes is 1. The van der Waals surface area contributed by atoms with E-state index in [-0.39, 0.29) is 6.04 Å². The molecule has 0 spiro atoms. The van der Waals surface area contributed by atoms with E-state index in [1.165, 1.54) is 0 Å². The molecule has 0 aromatic rings. The standard InChI is InChI=1S/C8H13NO/c1-5-9(7(2)3)8(4)6-10/h5-7H,1,4H2,2-3H3. The van der Waals surface area contributed by atoms with Crippen molar-refractivity contribution >= 4 is 6.29 Å². The average molecular weight is 139 g/mol. The summed E-state index contributed by atoms with van der Waals surface area (Å²) in [6, 6.07) is 0.246. The Labute approximate surface area is 61.8 Å². The molecule has 0 aromatic heterocycles. The van der Waals surface area contributed by atoms with E-state index in [4.69, 9.17) is 0 Å². The van der Waals surface area contributed by atoms with Crippen LogP contribution in [0.15, 0.2) is 25.1 Å². The lowest BCUT2D eigenvalue weighted by Crippen LogP contribution is -2.24. The highest BCUT2D eigenvalue weighted by Gasteiger charge is 2.05. The third-order valence-corrected chi connectivity index (χ3v) is 1.22. The van der Waals surface area contributed by atoms with Gasteiger partial charge >= 0.3 is 0 Å². The number of hydrogen-bond acceptors (Lipinski definition) is 2. The fourth-order valence-electron chi connectivity index (χ4n) is 0.721. The van der Waals surface area contributed by atoms with Crippen LogP contribution in [-0.2, 0) is 4.79 Å². The van der Waals surface area contributed by atoms with Gasteiger partial charge in [-0.05, 0) is 20.0 Å². The van der Waals surface area contributed by atoms with Crippen LogP contribution < -0.4 is 0 Å². The predicted octanol–water partition coefficient (Wildman–Crippen LogP) is 1.55. The summed E-state index contributed by atoms with van der Waals surface area (Å²) in [6.07, 6.45) is 2.32. The second kappa shape index (κ2) is 3.88. The molecule has 0 aliphatic heterocycles. The first-order chi connectivity index (χ1) is 4.63. The fourth-order valence-corrected chi connectivity index (χ4v) is 0.721. The zero-order valence-corrected chi connectivity index (χ0v) is 6.50. The molecule has 0 unspecified atom stereocenters. The van der Waals surface area contributed by atoms with Crippen LogP contribution in [0.3, 0.4) is 0 Å². The van der Waals surface area contributed by atoms with Crippen molar-refractivity contribution in [2.45, 2.75) is 19.9 Å². The van der Waals surface area contributed by atoms with E-state index in [9.17, 15) is 4.79 Å². The molecule has 0 rings (SSSR count). The molecule has 0 aromatic carbocycles. The molecule has 0 radical (unpaired) electrons. The summed E-state index contributed by atoms with van der Waals surface area (Å²) in [6.45, 7) is 11.0. The highest BCUT2D eigenvalue weighted by molar-refractivity contribution is 5.71. The van der Waals surface area contributed by atoms with Crippen molar-refractivity contribution in [3.05, 3.63) is 25.1 Å². The van der Waals surface area contributed by atoms with Crippen LogP contribution >= 0.6 is 0 Å². The Balaban J connectivity index is 4.19. The second-order valence-corrected chi connectivity index (χ2v) is 2.29. The van der Waals surface area contributed by atoms with Crippen LogP contribution in [0.1, 0.15) is 13.8 Å². The quantitative estimate of drug-likeness (QED) is 0.435. The monoisotopic (exact) mass is 139 g/mol. The highest BCUT2D eigenvalue weighted by atomic mass is 16.1. The lowest BCUT2D eigenvalue weighted by Gasteiger charge is -2.22. The van der Waals surface area contributed by atoms with Crippen LogP contribution in [0.4, 0.5) is 0 Å². The molecule has 0 aliphatic rings. The van der Waals surface area contributed by atoms with Crippen LogP contribution in [0.25, 0.3) is 0 Å². The number of carbonyl (C=O) groups is 1. The lowest BCUT2D eigenvalue weighted by molar-refractivity contribution is -0.106. The Bertz CT molecular complexity index is 149. The van der Waals surface area contributed by atoms with Gasteiger partial charge in [-0.3, -0.25) is 4.79 Å². The first kappa shape index (κ1) is 8.95. The SMILES string of the molecule is C=CN(C(=C)C=O)C(C)C. The van der Waals surface area contributed by atoms with Gasteiger partial charge in [0.05, 0.1) is 5.70 Å². The van der Waals surface area contributed by atoms with Gasteiger partial charge in [-0.2, -0.15) is 0 Å². The van der Waals surface area contributed by atoms with Gasteiger partial charge in [0.1, 0.15) is 0 Å². The van der Waals surface area contributed by atoms with Gasteiger partial charge in [-0.25, -0.2) is 0 Å². The molecule has 2 heteroatoms. The molecule has 0 bridgehead atoms. The molecule has 0 N–H and O–H groups in total. The molecule has 0 atom stereocenters. The van der Waals surface area contributed by atoms with E-state index in [1.807, 2.05) is 13.8 Å². The maximum Gasteiger partial charge on any atom is 0.165 e. The molecule has 0 saturated heterocycles. The zero-order valence-electron chi connectivity index (χ0n) is 6.50. The summed E-state index contributed by atoms with van der Waals surface area (Å²) >= 11 is 0. The van der Waals surface area contributed by atoms with Crippen molar-refractivity contribution in [2.75, 3.05) is 0 Å². The molecule has 0 saturated carbocycles. The number of nitrogens with zero attached hydrogens (tertiary/aromatic N) is 1. The van der Waals surface area contributed by atoms with Gasteiger partial charge in [0, 0.05) is 6.04 Å². The summed E-state index contributed by atoms with van der Waals surface area (Å²) in [5.41, 5.74) is 0.449. The van der Waals surface area contributed by atoms with E-state index >= 15 is 0 Å². The minimum Gasteiger partial charge on any atom is -0.344 e. The Morgan fingerprint density at radius 2 is 2.10 bits per heavy atom. The van der Waals surface area contributed by atoms with Gasteiger partial charge in [0.2, 0.25) is 0 Å². The molecule has 0 heterocycles. The maximum atomic E-state index is 10.2. The largest absolute Gasteiger partial charge is 0.344 e. The van der Waals surface area contributed by atoms with Crippen molar-refractivity contribution in [1.82, 2.24) is 4.90 Å². The van der Waals surface area contributed by atoms with E-state index in [0.717, 1.165) is 6.29 Å². The lowest BCUT2D eigenvalue weighted by atomic mass is 10.3. The molecular weight excluding hydrogens is 126 g/mol. The van der Waals surface area contributed by atoms with Crippen molar-refractivity contribution < 1.29 is 4.79 Å². The average Bonchev–Trinajstić information content (AvgIpc) is 1.88. The molecule has 2 nitrogen and oxygen atoms in total. The molecule has 0 amide bonds. The number of hydrogen-bond donors (Lipinski definition) is 0. The molecule has 0 aliphatic carbocycles. The predicted molar refractivity (Wildman–Crippen MR) is 42.4 cm³/mol. The summed E-state index contributed by atoms with van der Waals surface area (Å²) in [4.78, 5) is 11.9. The van der Waals surface area contributed by atoms with Crippen LogP contribution in [0.5, 0.6) is 0 Å². The molecule has 0 fully saturated rings. The summed E-state index contributed by atoms with van der Waals surface area (Å²) in [5.74, 6) is 0. The fraction of sp³-hybridized carbons (Fsp3) is 0.375. The van der Waals surface area contributed by atoms with Crippen LogP contribution in [0.2, 0.25) is 0 Å². The Morgan fingerprint density at radius 1 is 1.60 bits per heavy atom. The molecular formula is C8H13NO. The van der Waals surface area contributed by atoms with E-state index < -0.39 is 0 Å². The van der Waals surface area contributed by atoms with Crippen LogP contribution in [0, 0.1) is 0 Å². The van der Waals surface area contributed by atoms with Crippen molar-refractivity contribution in [2.24, 2.45) is 0 Å². The third kappa shape index (κ3) is 2.05. The maximum absolute atomic E-state index is 10.2. The van der Waals surface area contributed by atoms with Crippen molar-refractivity contribution in [3.8, 4) is 0 Å². The smallest absolute Gasteiger partial charge is 0.165 e. The highest BCUT2D eigenvalue weighted by Crippen LogP contribution is 2.04. The van der Waals surface area contributed by atoms with E-state index in [1.54, 1.807) is 11.1 Å². The second-order valence-electron chi connectivity index (χ2n) is 2.29. The van der Waals surface area contributed by atoms with Gasteiger partial charge in [-0.1, -0.05) is 13.2 Å². The summed E-state index contributed by atoms with van der Waals surface area (Å²) < 4.78 is 0. The third-order valence-electron chi connectivity index (χ3n) is 1.22. The van der Waals surface area contributed by atoms with Gasteiger partial charge < -0.3 is 4.90 Å². The van der Waals surface area contributed by atoms with E-state index in [2.05, 4.69) is 13.2 Å². The Kier molecular flexibility index (Phi) is 3.47. The molecule has 56 valence electrons. The summed E-state index contributed by atoms with van der Waals surface area (Å²) in [7, 11) is 0. The Hall–Kier alpha value is -1.05. The number of allylic oxidation sites excluding steroid dienone is 1. The first-order valence-corrected chi connectivity index (χ1v) is 3.18. The minimum atomic E-state index is 0.246. The molecule has 10 heavy (non-hydrogen) atoms. The van der Waals surface area contributed by atoms with Gasteiger partial charge in [0.15, 0.2) is 6.29 Å². The zero-order chi connectivity index (χ0) is 8.15. The Morgan fingerprint density at radius 3 is 2.20 bits per heavy atom. The topological polar surface area (TPSA) is 20.3 Å². The van der Waals surface area contributed by atoms with Crippen molar-refractivity contribution in [3.63, 3.8) is 0 Å². The normalized spacial score (nSPS) is 9.10. The summed E-state index contributed by atoms with van der Waals surface area (Å²) in [5, 5.41) is 0. The van der Waals surface area contributed by atoms with E-state index in [0.29, 0.717) is 5.70 Å². The van der Waals surface area contributed by atoms with Crippen molar-refractivity contribution in [1.29, 1.82) is 0 Å². The minimum absolute atomic E-state index is 0.246. The number of carbonyl (C=O) groups excluding carboxylic acids is 1. The van der Waals surface area contributed by atoms with Gasteiger partial charge in [-0.15, -0.1) is 0 Å². The van der Waals surface area contributed by atoms with Gasteiger partial charge in [0.25, 0.3) is 0 Å².